The molecule has 54 heavy (non-hydrogen) atoms. The van der Waals surface area contributed by atoms with Gasteiger partial charge in [-0.05, 0) is 96.0 Å². The van der Waals surface area contributed by atoms with Crippen molar-refractivity contribution in [3.63, 3.8) is 0 Å². The smallest absolute Gasteiger partial charge is 0.347 e. The summed E-state index contributed by atoms with van der Waals surface area (Å²) in [7, 11) is 0. The molecule has 0 aliphatic carbocycles. The molecule has 0 N–H and O–H groups in total. The summed E-state index contributed by atoms with van der Waals surface area (Å²) >= 11 is 0. The number of pyridine rings is 1. The topological polar surface area (TPSA) is 24.3 Å². The fraction of sp³-hybridized carbons (Fsp3) is 0.286. The van der Waals surface area contributed by atoms with Crippen LogP contribution in [0.15, 0.2) is 115 Å². The molecule has 0 spiro atoms. The molecule has 2 aromatic heterocycles. The maximum Gasteiger partial charge on any atom is 2.00 e. The molecular formula is C49H50N4Pt. The Bertz CT molecular complexity index is 2450. The van der Waals surface area contributed by atoms with E-state index in [0.29, 0.717) is 11.8 Å². The Morgan fingerprint density at radius 1 is 0.648 bits per heavy atom. The number of para-hydroxylation sites is 3. The molecule has 0 saturated heterocycles. The fourth-order valence-corrected chi connectivity index (χ4v) is 8.19. The summed E-state index contributed by atoms with van der Waals surface area (Å²) in [5.74, 6) is 1.71. The minimum atomic E-state index is -0.369. The molecule has 0 bridgehead atoms. The molecule has 0 fully saturated rings. The first kappa shape index (κ1) is 37.6. The third-order valence-electron chi connectivity index (χ3n) is 11.2. The standard InChI is InChI=1S/C49H50N4.Pt/c1-32(2)38-19-15-20-39(33(3)4)47(38)34-26-27-50-46(28-34)53-42-21-11-10-18-40(42)41-25-24-36(30-45(41)53)49(8,9)35-16-14-17-37(29-35)51-31-52(48(5,6)7)44-23-13-12-22-43(44)51;/h10-28,32-33H,31H2,1-9H3;/q-2;+2. The summed E-state index contributed by atoms with van der Waals surface area (Å²) in [6.07, 6.45) is 1.97. The molecule has 0 saturated carbocycles. The molecule has 5 aromatic carbocycles. The van der Waals surface area contributed by atoms with Crippen molar-refractivity contribution < 1.29 is 21.1 Å². The van der Waals surface area contributed by atoms with Crippen LogP contribution in [0.1, 0.15) is 96.4 Å². The van der Waals surface area contributed by atoms with E-state index < -0.39 is 0 Å². The third kappa shape index (κ3) is 6.37. The molecule has 7 aromatic rings. The second kappa shape index (κ2) is 14.2. The van der Waals surface area contributed by atoms with Crippen molar-refractivity contribution in [2.24, 2.45) is 0 Å². The monoisotopic (exact) mass is 889 g/mol. The summed E-state index contributed by atoms with van der Waals surface area (Å²) in [4.78, 5) is 9.90. The molecule has 1 aliphatic heterocycles. The van der Waals surface area contributed by atoms with Crippen molar-refractivity contribution in [1.29, 1.82) is 0 Å². The van der Waals surface area contributed by atoms with E-state index in [1.165, 1.54) is 44.4 Å². The van der Waals surface area contributed by atoms with Crippen LogP contribution < -0.4 is 9.80 Å². The van der Waals surface area contributed by atoms with E-state index in [1.807, 2.05) is 6.20 Å². The molecule has 0 amide bonds. The first-order valence-corrected chi connectivity index (χ1v) is 19.1. The average molecular weight is 890 g/mol. The molecule has 1 aliphatic rings. The quantitative estimate of drug-likeness (QED) is 0.149. The maximum atomic E-state index is 5.03. The molecule has 0 unspecified atom stereocenters. The molecule has 0 atom stereocenters. The normalized spacial score (nSPS) is 13.3. The van der Waals surface area contributed by atoms with Gasteiger partial charge in [0.25, 0.3) is 0 Å². The number of anilines is 3. The number of fused-ring (bicyclic) bond motifs is 4. The van der Waals surface area contributed by atoms with E-state index in [2.05, 4.69) is 198 Å². The summed E-state index contributed by atoms with van der Waals surface area (Å²) in [5.41, 5.74) is 12.9. The van der Waals surface area contributed by atoms with Gasteiger partial charge in [0.15, 0.2) is 0 Å². The van der Waals surface area contributed by atoms with Gasteiger partial charge in [0.1, 0.15) is 5.82 Å². The number of rotatable bonds is 7. The second-order valence-corrected chi connectivity index (χ2v) is 16.7. The van der Waals surface area contributed by atoms with Crippen LogP contribution in [0.4, 0.5) is 17.1 Å². The van der Waals surface area contributed by atoms with E-state index in [4.69, 9.17) is 4.98 Å². The van der Waals surface area contributed by atoms with Gasteiger partial charge in [0.2, 0.25) is 0 Å². The Morgan fingerprint density at radius 3 is 2.00 bits per heavy atom. The average Bonchev–Trinajstić information content (AvgIpc) is 3.71. The molecule has 276 valence electrons. The van der Waals surface area contributed by atoms with Crippen LogP contribution in [0, 0.1) is 12.1 Å². The van der Waals surface area contributed by atoms with Gasteiger partial charge < -0.3 is 14.4 Å². The number of nitrogens with zero attached hydrogens (tertiary/aromatic N) is 4. The number of hydrogen-bond donors (Lipinski definition) is 0. The molecule has 8 rings (SSSR count). The summed E-state index contributed by atoms with van der Waals surface area (Å²) in [6.45, 7) is 21.4. The maximum absolute atomic E-state index is 5.03. The first-order chi connectivity index (χ1) is 25.3. The predicted molar refractivity (Wildman–Crippen MR) is 224 cm³/mol. The van der Waals surface area contributed by atoms with Crippen LogP contribution in [-0.4, -0.2) is 21.8 Å². The SMILES string of the molecule is CC(C)c1cccc(C(C)C)c1-c1ccnc(-n2c3[c-]c(C(C)(C)c4[c-]c(N5CN(C(C)(C)C)c6ccccc65)ccc4)ccc3c3ccccc32)c1.[Pt+2]. The molecule has 3 heterocycles. The zero-order chi connectivity index (χ0) is 37.2. The summed E-state index contributed by atoms with van der Waals surface area (Å²) < 4.78 is 2.31. The molecular weight excluding hydrogens is 840 g/mol. The van der Waals surface area contributed by atoms with Crippen molar-refractivity contribution in [2.45, 2.75) is 85.1 Å². The zero-order valence-corrected chi connectivity index (χ0v) is 35.2. The van der Waals surface area contributed by atoms with Crippen LogP contribution in [0.3, 0.4) is 0 Å². The van der Waals surface area contributed by atoms with Gasteiger partial charge in [0, 0.05) is 17.3 Å². The largest absolute Gasteiger partial charge is 2.00 e. The number of benzene rings is 5. The van der Waals surface area contributed by atoms with E-state index in [0.717, 1.165) is 40.3 Å². The van der Waals surface area contributed by atoms with Gasteiger partial charge in [-0.15, -0.1) is 11.5 Å². The van der Waals surface area contributed by atoms with Gasteiger partial charge in [-0.2, -0.15) is 47.5 Å². The van der Waals surface area contributed by atoms with Gasteiger partial charge in [0.05, 0.1) is 18.0 Å². The number of hydrogen-bond acceptors (Lipinski definition) is 3. The number of aromatic nitrogens is 2. The molecule has 4 nitrogen and oxygen atoms in total. The van der Waals surface area contributed by atoms with Crippen LogP contribution in [0.5, 0.6) is 0 Å². The Morgan fingerprint density at radius 2 is 1.30 bits per heavy atom. The summed E-state index contributed by atoms with van der Waals surface area (Å²) in [6, 6.07) is 47.5. The van der Waals surface area contributed by atoms with E-state index in [1.54, 1.807) is 0 Å². The van der Waals surface area contributed by atoms with Gasteiger partial charge >= 0.3 is 21.1 Å². The van der Waals surface area contributed by atoms with Crippen LogP contribution in [-0.2, 0) is 26.5 Å². The van der Waals surface area contributed by atoms with Gasteiger partial charge in [-0.3, -0.25) is 0 Å². The van der Waals surface area contributed by atoms with Crippen molar-refractivity contribution in [3.05, 3.63) is 150 Å². The Balaban J connectivity index is 0.00000450. The van der Waals surface area contributed by atoms with Crippen LogP contribution in [0.25, 0.3) is 38.8 Å². The van der Waals surface area contributed by atoms with Crippen molar-refractivity contribution in [1.82, 2.24) is 9.55 Å². The first-order valence-electron chi connectivity index (χ1n) is 19.1. The Hall–Kier alpha value is -4.66. The second-order valence-electron chi connectivity index (χ2n) is 16.7. The van der Waals surface area contributed by atoms with Crippen molar-refractivity contribution in [3.8, 4) is 16.9 Å². The van der Waals surface area contributed by atoms with Crippen molar-refractivity contribution >= 4 is 38.9 Å². The van der Waals surface area contributed by atoms with E-state index in [-0.39, 0.29) is 32.0 Å². The fourth-order valence-electron chi connectivity index (χ4n) is 8.19. The third-order valence-corrected chi connectivity index (χ3v) is 11.2. The Kier molecular flexibility index (Phi) is 9.90. The predicted octanol–water partition coefficient (Wildman–Crippen LogP) is 12.7. The van der Waals surface area contributed by atoms with Gasteiger partial charge in [-0.25, -0.2) is 4.98 Å². The van der Waals surface area contributed by atoms with Crippen molar-refractivity contribution in [2.75, 3.05) is 16.5 Å². The minimum absolute atomic E-state index is 0. The Labute approximate surface area is 336 Å². The van der Waals surface area contributed by atoms with Crippen LogP contribution >= 0.6 is 0 Å². The molecule has 0 radical (unpaired) electrons. The molecule has 5 heteroatoms. The minimum Gasteiger partial charge on any atom is -0.347 e. The zero-order valence-electron chi connectivity index (χ0n) is 32.9. The summed E-state index contributed by atoms with van der Waals surface area (Å²) in [5, 5.41) is 2.37. The van der Waals surface area contributed by atoms with Crippen LogP contribution in [0.2, 0.25) is 0 Å². The van der Waals surface area contributed by atoms with E-state index in [9.17, 15) is 0 Å². The van der Waals surface area contributed by atoms with Gasteiger partial charge in [-0.1, -0.05) is 101 Å². The van der Waals surface area contributed by atoms with E-state index >= 15 is 0 Å².